The van der Waals surface area contributed by atoms with Gasteiger partial charge in [0.25, 0.3) is 0 Å². The van der Waals surface area contributed by atoms with Gasteiger partial charge in [-0.3, -0.25) is 4.90 Å². The van der Waals surface area contributed by atoms with Crippen molar-refractivity contribution < 1.29 is 4.74 Å². The first-order chi connectivity index (χ1) is 11.4. The van der Waals surface area contributed by atoms with Crippen molar-refractivity contribution in [3.63, 3.8) is 0 Å². The molecule has 0 radical (unpaired) electrons. The molecule has 2 aromatic rings. The largest absolute Gasteiger partial charge is 0.490 e. The monoisotopic (exact) mass is 346 g/mol. The molecular weight excluding hydrogens is 320 g/mol. The van der Waals surface area contributed by atoms with Gasteiger partial charge in [-0.15, -0.1) is 11.3 Å². The molecule has 0 atom stereocenters. The van der Waals surface area contributed by atoms with Crippen LogP contribution >= 0.6 is 11.3 Å². The number of ether oxygens (including phenoxy) is 1. The Kier molecular flexibility index (Phi) is 5.06. The Morgan fingerprint density at radius 2 is 2.04 bits per heavy atom. The van der Waals surface area contributed by atoms with E-state index in [1.165, 1.54) is 0 Å². The van der Waals surface area contributed by atoms with Crippen LogP contribution in [0.2, 0.25) is 0 Å². The summed E-state index contributed by atoms with van der Waals surface area (Å²) < 4.78 is 6.18. The van der Waals surface area contributed by atoms with Crippen LogP contribution in [0.4, 0.5) is 10.9 Å². The van der Waals surface area contributed by atoms with Crippen molar-refractivity contribution in [3.05, 3.63) is 29.4 Å². The first-order valence-corrected chi connectivity index (χ1v) is 9.35. The number of aryl methyl sites for hydroxylation is 1. The smallest absolute Gasteiger partial charge is 0.188 e. The van der Waals surface area contributed by atoms with Gasteiger partial charge < -0.3 is 10.1 Å². The highest BCUT2D eigenvalue weighted by atomic mass is 32.1. The lowest BCUT2D eigenvalue weighted by atomic mass is 9.99. The predicted octanol–water partition coefficient (Wildman–Crippen LogP) is 4.23. The van der Waals surface area contributed by atoms with E-state index < -0.39 is 0 Å². The first-order valence-electron chi connectivity index (χ1n) is 8.47. The van der Waals surface area contributed by atoms with Crippen molar-refractivity contribution in [2.24, 2.45) is 0 Å². The third-order valence-electron chi connectivity index (χ3n) is 4.28. The Morgan fingerprint density at radius 1 is 1.29 bits per heavy atom. The van der Waals surface area contributed by atoms with E-state index in [2.05, 4.69) is 41.0 Å². The predicted molar refractivity (Wildman–Crippen MR) is 99.3 cm³/mol. The lowest BCUT2D eigenvalue weighted by Gasteiger charge is -2.40. The maximum Gasteiger partial charge on any atom is 0.188 e. The molecule has 1 fully saturated rings. The van der Waals surface area contributed by atoms with Gasteiger partial charge in [0.05, 0.1) is 5.69 Å². The van der Waals surface area contributed by atoms with Gasteiger partial charge in [-0.25, -0.2) is 9.97 Å². The van der Waals surface area contributed by atoms with Crippen LogP contribution in [-0.4, -0.2) is 39.6 Å². The topological polar surface area (TPSA) is 50.3 Å². The Bertz CT molecular complexity index is 672. The second-order valence-electron chi connectivity index (χ2n) is 7.27. The quantitative estimate of drug-likeness (QED) is 0.898. The molecule has 1 aliphatic heterocycles. The lowest BCUT2D eigenvalue weighted by molar-refractivity contribution is 0.0491. The van der Waals surface area contributed by atoms with E-state index in [1.54, 1.807) is 17.5 Å². The summed E-state index contributed by atoms with van der Waals surface area (Å²) in [4.78, 5) is 11.3. The van der Waals surface area contributed by atoms with Crippen molar-refractivity contribution >= 4 is 22.3 Å². The lowest BCUT2D eigenvalue weighted by Crippen LogP contribution is -2.48. The average Bonchev–Trinajstić information content (AvgIpc) is 2.92. The van der Waals surface area contributed by atoms with Crippen LogP contribution in [0.3, 0.4) is 0 Å². The minimum atomic E-state index is 0.241. The number of nitrogens with zero attached hydrogens (tertiary/aromatic N) is 3. The molecule has 24 heavy (non-hydrogen) atoms. The van der Waals surface area contributed by atoms with Crippen LogP contribution in [0.25, 0.3) is 0 Å². The number of nitrogens with one attached hydrogen (secondary N) is 1. The third kappa shape index (κ3) is 4.45. The van der Waals surface area contributed by atoms with E-state index in [0.29, 0.717) is 0 Å². The summed E-state index contributed by atoms with van der Waals surface area (Å²) in [7, 11) is 0. The number of anilines is 2. The number of thiazole rings is 1. The van der Waals surface area contributed by atoms with Crippen LogP contribution < -0.4 is 10.1 Å². The zero-order chi connectivity index (χ0) is 17.2. The van der Waals surface area contributed by atoms with E-state index in [1.807, 2.05) is 24.4 Å². The van der Waals surface area contributed by atoms with E-state index in [4.69, 9.17) is 4.74 Å². The summed E-state index contributed by atoms with van der Waals surface area (Å²) in [6.45, 7) is 11.0. The van der Waals surface area contributed by atoms with Crippen molar-refractivity contribution in [3.8, 4) is 5.75 Å². The maximum absolute atomic E-state index is 6.18. The van der Waals surface area contributed by atoms with Gasteiger partial charge in [-0.1, -0.05) is 0 Å². The van der Waals surface area contributed by atoms with E-state index in [0.717, 1.165) is 48.3 Å². The highest BCUT2D eigenvalue weighted by molar-refractivity contribution is 7.13. The number of piperidine rings is 1. The van der Waals surface area contributed by atoms with Crippen LogP contribution in [0, 0.1) is 6.92 Å². The fourth-order valence-corrected chi connectivity index (χ4v) is 3.61. The van der Waals surface area contributed by atoms with Crippen LogP contribution in [0.1, 0.15) is 39.3 Å². The molecule has 0 amide bonds. The summed E-state index contributed by atoms with van der Waals surface area (Å²) in [5, 5.41) is 6.11. The Labute approximate surface area is 148 Å². The van der Waals surface area contributed by atoms with Crippen molar-refractivity contribution in [2.75, 3.05) is 18.4 Å². The van der Waals surface area contributed by atoms with Crippen LogP contribution in [0.15, 0.2) is 23.7 Å². The summed E-state index contributed by atoms with van der Waals surface area (Å²) in [5.74, 6) is 1.64. The number of rotatable bonds is 4. The minimum absolute atomic E-state index is 0.241. The number of hydrogen-bond donors (Lipinski definition) is 1. The molecule has 3 rings (SSSR count). The second-order valence-corrected chi connectivity index (χ2v) is 8.13. The van der Waals surface area contributed by atoms with Gasteiger partial charge >= 0.3 is 0 Å². The fourth-order valence-electron chi connectivity index (χ4n) is 2.91. The number of pyridine rings is 1. The van der Waals surface area contributed by atoms with Gasteiger partial charge in [-0.05, 0) is 46.6 Å². The molecule has 1 saturated heterocycles. The maximum atomic E-state index is 6.18. The van der Waals surface area contributed by atoms with Gasteiger partial charge in [0, 0.05) is 36.3 Å². The molecule has 130 valence electrons. The standard InChI is InChI=1S/C18H26N4OS/c1-13-12-24-17(20-13)21-16-11-15(5-8-19-16)23-14-6-9-22(10-7-14)18(2,3)4/h5,8,11-12,14H,6-7,9-10H2,1-4H3,(H,19,20,21). The van der Waals surface area contributed by atoms with Crippen molar-refractivity contribution in [2.45, 2.75) is 52.2 Å². The summed E-state index contributed by atoms with van der Waals surface area (Å²) in [6, 6.07) is 3.88. The Balaban J connectivity index is 1.57. The van der Waals surface area contributed by atoms with Gasteiger partial charge in [0.2, 0.25) is 0 Å². The SMILES string of the molecule is Cc1csc(Nc2cc(OC3CCN(C(C)(C)C)CC3)ccn2)n1. The molecule has 2 aromatic heterocycles. The number of aromatic nitrogens is 2. The van der Waals surface area contributed by atoms with Gasteiger partial charge in [0.1, 0.15) is 17.7 Å². The molecular formula is C18H26N4OS. The minimum Gasteiger partial charge on any atom is -0.490 e. The zero-order valence-electron chi connectivity index (χ0n) is 14.9. The fraction of sp³-hybridized carbons (Fsp3) is 0.556. The highest BCUT2D eigenvalue weighted by Gasteiger charge is 2.27. The summed E-state index contributed by atoms with van der Waals surface area (Å²) in [5.41, 5.74) is 1.26. The number of hydrogen-bond acceptors (Lipinski definition) is 6. The first kappa shape index (κ1) is 17.2. The van der Waals surface area contributed by atoms with Crippen LogP contribution in [0.5, 0.6) is 5.75 Å². The molecule has 1 aliphatic rings. The molecule has 0 aromatic carbocycles. The van der Waals surface area contributed by atoms with Crippen molar-refractivity contribution in [1.29, 1.82) is 0 Å². The zero-order valence-corrected chi connectivity index (χ0v) is 15.7. The normalized spacial score (nSPS) is 17.0. The Morgan fingerprint density at radius 3 is 2.67 bits per heavy atom. The molecule has 1 N–H and O–H groups in total. The number of likely N-dealkylation sites (tertiary alicyclic amines) is 1. The average molecular weight is 347 g/mol. The molecule has 0 unspecified atom stereocenters. The highest BCUT2D eigenvalue weighted by Crippen LogP contribution is 2.26. The van der Waals surface area contributed by atoms with E-state index >= 15 is 0 Å². The molecule has 0 aliphatic carbocycles. The molecule has 0 saturated carbocycles. The molecule has 5 nitrogen and oxygen atoms in total. The van der Waals surface area contributed by atoms with Crippen molar-refractivity contribution in [1.82, 2.24) is 14.9 Å². The summed E-state index contributed by atoms with van der Waals surface area (Å²) >= 11 is 1.58. The molecule has 0 bridgehead atoms. The van der Waals surface area contributed by atoms with E-state index in [9.17, 15) is 0 Å². The Hall–Kier alpha value is -1.66. The van der Waals surface area contributed by atoms with E-state index in [-0.39, 0.29) is 11.6 Å². The van der Waals surface area contributed by atoms with Crippen LogP contribution in [-0.2, 0) is 0 Å². The second kappa shape index (κ2) is 7.07. The van der Waals surface area contributed by atoms with Gasteiger partial charge in [0.15, 0.2) is 5.13 Å². The third-order valence-corrected chi connectivity index (χ3v) is 5.15. The molecule has 6 heteroatoms. The molecule has 0 spiro atoms. The summed E-state index contributed by atoms with van der Waals surface area (Å²) in [6.07, 6.45) is 4.19. The molecule has 3 heterocycles. The van der Waals surface area contributed by atoms with Gasteiger partial charge in [-0.2, -0.15) is 0 Å².